The lowest BCUT2D eigenvalue weighted by atomic mass is 9.78. The zero-order valence-electron chi connectivity index (χ0n) is 15.2. The molecule has 1 aromatic carbocycles. The van der Waals surface area contributed by atoms with Crippen molar-refractivity contribution >= 4 is 0 Å². The first kappa shape index (κ1) is 18.9. The molecule has 0 bridgehead atoms. The maximum Gasteiger partial charge on any atom is 0.433 e. The van der Waals surface area contributed by atoms with Crippen molar-refractivity contribution in [3.05, 3.63) is 53.9 Å². The monoisotopic (exact) mass is 361 g/mol. The van der Waals surface area contributed by atoms with E-state index < -0.39 is 11.9 Å². The lowest BCUT2D eigenvalue weighted by molar-refractivity contribution is -0.141. The standard InChI is InChI=1S/C22H26F3N/c1-2-16-3-5-17(6-4-16)7-8-18-9-11-19(12-10-18)20-13-14-21(26-15-20)22(23,24)25/h9-17H,2-8H2,1H3. The molecule has 0 spiro atoms. The number of alkyl halides is 3. The van der Waals surface area contributed by atoms with Crippen LogP contribution in [0.25, 0.3) is 11.1 Å². The smallest absolute Gasteiger partial charge is 0.251 e. The van der Waals surface area contributed by atoms with Crippen LogP contribution in [0.3, 0.4) is 0 Å². The minimum absolute atomic E-state index is 0.711. The molecule has 140 valence electrons. The zero-order chi connectivity index (χ0) is 18.6. The third-order valence-electron chi connectivity index (χ3n) is 5.73. The van der Waals surface area contributed by atoms with Crippen molar-refractivity contribution in [2.45, 2.75) is 58.0 Å². The molecule has 0 radical (unpaired) electrons. The summed E-state index contributed by atoms with van der Waals surface area (Å²) in [6, 6.07) is 10.7. The molecule has 1 heterocycles. The van der Waals surface area contributed by atoms with Crippen LogP contribution in [0, 0.1) is 11.8 Å². The fraction of sp³-hybridized carbons (Fsp3) is 0.500. The van der Waals surface area contributed by atoms with Crippen LogP contribution >= 0.6 is 0 Å². The van der Waals surface area contributed by atoms with Crippen molar-refractivity contribution < 1.29 is 13.2 Å². The van der Waals surface area contributed by atoms with E-state index in [9.17, 15) is 13.2 Å². The maximum atomic E-state index is 12.6. The summed E-state index contributed by atoms with van der Waals surface area (Å²) in [7, 11) is 0. The first-order chi connectivity index (χ1) is 12.5. The van der Waals surface area contributed by atoms with Crippen LogP contribution in [-0.2, 0) is 12.6 Å². The van der Waals surface area contributed by atoms with E-state index in [0.29, 0.717) is 5.56 Å². The van der Waals surface area contributed by atoms with Gasteiger partial charge in [-0.2, -0.15) is 13.2 Å². The second kappa shape index (κ2) is 8.24. The van der Waals surface area contributed by atoms with Gasteiger partial charge in [-0.05, 0) is 41.9 Å². The van der Waals surface area contributed by atoms with Gasteiger partial charge in [-0.15, -0.1) is 0 Å². The number of rotatable bonds is 5. The molecule has 4 heteroatoms. The van der Waals surface area contributed by atoms with Gasteiger partial charge in [0.05, 0.1) is 0 Å². The number of halogens is 3. The summed E-state index contributed by atoms with van der Waals surface area (Å²) >= 11 is 0. The lowest BCUT2D eigenvalue weighted by Gasteiger charge is -2.27. The van der Waals surface area contributed by atoms with Gasteiger partial charge in [-0.25, -0.2) is 0 Å². The Balaban J connectivity index is 1.55. The number of pyridine rings is 1. The molecule has 3 rings (SSSR count). The van der Waals surface area contributed by atoms with Gasteiger partial charge in [0.1, 0.15) is 5.69 Å². The number of benzene rings is 1. The van der Waals surface area contributed by atoms with Crippen LogP contribution in [-0.4, -0.2) is 4.98 Å². The molecular formula is C22H26F3N. The van der Waals surface area contributed by atoms with E-state index in [-0.39, 0.29) is 0 Å². The fourth-order valence-corrected chi connectivity index (χ4v) is 3.90. The quantitative estimate of drug-likeness (QED) is 0.563. The normalized spacial score (nSPS) is 20.9. The molecule has 1 aliphatic carbocycles. The van der Waals surface area contributed by atoms with Crippen LogP contribution in [0.15, 0.2) is 42.6 Å². The second-order valence-electron chi connectivity index (χ2n) is 7.46. The van der Waals surface area contributed by atoms with E-state index in [1.165, 1.54) is 56.4 Å². The molecule has 1 fully saturated rings. The van der Waals surface area contributed by atoms with Crippen LogP contribution in [0.1, 0.15) is 56.7 Å². The van der Waals surface area contributed by atoms with Gasteiger partial charge < -0.3 is 0 Å². The Morgan fingerprint density at radius 3 is 2.04 bits per heavy atom. The SMILES string of the molecule is CCC1CCC(CCc2ccc(-c3ccc(C(F)(F)F)nc3)cc2)CC1. The Hall–Kier alpha value is -1.84. The summed E-state index contributed by atoms with van der Waals surface area (Å²) in [5, 5.41) is 0. The van der Waals surface area contributed by atoms with Gasteiger partial charge in [0.25, 0.3) is 0 Å². The minimum Gasteiger partial charge on any atom is -0.251 e. The number of aromatic nitrogens is 1. The first-order valence-electron chi connectivity index (χ1n) is 9.58. The molecule has 1 aliphatic rings. The highest BCUT2D eigenvalue weighted by atomic mass is 19.4. The maximum absolute atomic E-state index is 12.6. The van der Waals surface area contributed by atoms with E-state index in [4.69, 9.17) is 0 Å². The number of aryl methyl sites for hydroxylation is 1. The highest BCUT2D eigenvalue weighted by molar-refractivity contribution is 5.62. The molecule has 1 aromatic heterocycles. The van der Waals surface area contributed by atoms with E-state index in [2.05, 4.69) is 24.0 Å². The van der Waals surface area contributed by atoms with Crippen LogP contribution in [0.2, 0.25) is 0 Å². The third-order valence-corrected chi connectivity index (χ3v) is 5.73. The van der Waals surface area contributed by atoms with Crippen molar-refractivity contribution in [1.29, 1.82) is 0 Å². The van der Waals surface area contributed by atoms with E-state index >= 15 is 0 Å². The molecule has 0 atom stereocenters. The zero-order valence-corrected chi connectivity index (χ0v) is 15.2. The summed E-state index contributed by atoms with van der Waals surface area (Å²) in [4.78, 5) is 3.53. The van der Waals surface area contributed by atoms with Gasteiger partial charge in [0.15, 0.2) is 0 Å². The fourth-order valence-electron chi connectivity index (χ4n) is 3.90. The van der Waals surface area contributed by atoms with Crippen LogP contribution in [0.4, 0.5) is 13.2 Å². The van der Waals surface area contributed by atoms with Crippen molar-refractivity contribution in [3.8, 4) is 11.1 Å². The van der Waals surface area contributed by atoms with Gasteiger partial charge >= 0.3 is 6.18 Å². The van der Waals surface area contributed by atoms with Crippen molar-refractivity contribution in [2.75, 3.05) is 0 Å². The van der Waals surface area contributed by atoms with E-state index in [1.54, 1.807) is 0 Å². The number of nitrogens with zero attached hydrogens (tertiary/aromatic N) is 1. The van der Waals surface area contributed by atoms with Crippen molar-refractivity contribution in [2.24, 2.45) is 11.8 Å². The largest absolute Gasteiger partial charge is 0.433 e. The number of hydrogen-bond donors (Lipinski definition) is 0. The Labute approximate surface area is 153 Å². The average Bonchev–Trinajstić information content (AvgIpc) is 2.66. The first-order valence-corrected chi connectivity index (χ1v) is 9.58. The number of hydrogen-bond acceptors (Lipinski definition) is 1. The highest BCUT2D eigenvalue weighted by Crippen LogP contribution is 2.33. The third kappa shape index (κ3) is 4.87. The highest BCUT2D eigenvalue weighted by Gasteiger charge is 2.32. The lowest BCUT2D eigenvalue weighted by Crippen LogP contribution is -2.14. The Morgan fingerprint density at radius 2 is 1.50 bits per heavy atom. The molecule has 0 unspecified atom stereocenters. The van der Waals surface area contributed by atoms with E-state index in [1.807, 2.05) is 12.1 Å². The van der Waals surface area contributed by atoms with E-state index in [0.717, 1.165) is 29.9 Å². The Kier molecular flexibility index (Phi) is 6.00. The average molecular weight is 361 g/mol. The molecule has 0 amide bonds. The summed E-state index contributed by atoms with van der Waals surface area (Å²) in [6.07, 6.45) is 5.99. The predicted octanol–water partition coefficient (Wildman–Crippen LogP) is 6.92. The molecule has 1 saturated carbocycles. The van der Waals surface area contributed by atoms with Crippen molar-refractivity contribution in [3.63, 3.8) is 0 Å². The summed E-state index contributed by atoms with van der Waals surface area (Å²) in [5.74, 6) is 1.78. The van der Waals surface area contributed by atoms with Gasteiger partial charge in [-0.3, -0.25) is 4.98 Å². The summed E-state index contributed by atoms with van der Waals surface area (Å²) in [5.41, 5.74) is 2.06. The molecule has 2 aromatic rings. The Bertz CT molecular complexity index is 681. The minimum atomic E-state index is -4.39. The molecule has 26 heavy (non-hydrogen) atoms. The van der Waals surface area contributed by atoms with Crippen molar-refractivity contribution in [1.82, 2.24) is 4.98 Å². The molecule has 1 nitrogen and oxygen atoms in total. The molecule has 0 N–H and O–H groups in total. The Morgan fingerprint density at radius 1 is 0.885 bits per heavy atom. The second-order valence-corrected chi connectivity index (χ2v) is 7.46. The van der Waals surface area contributed by atoms with Crippen LogP contribution in [0.5, 0.6) is 0 Å². The topological polar surface area (TPSA) is 12.9 Å². The molecule has 0 aliphatic heterocycles. The van der Waals surface area contributed by atoms with Gasteiger partial charge in [0, 0.05) is 11.8 Å². The van der Waals surface area contributed by atoms with Gasteiger partial charge in [-0.1, -0.05) is 69.4 Å². The summed E-state index contributed by atoms with van der Waals surface area (Å²) in [6.45, 7) is 2.29. The van der Waals surface area contributed by atoms with Crippen LogP contribution < -0.4 is 0 Å². The predicted molar refractivity (Wildman–Crippen MR) is 98.7 cm³/mol. The summed E-state index contributed by atoms with van der Waals surface area (Å²) < 4.78 is 37.8. The molecular weight excluding hydrogens is 335 g/mol. The van der Waals surface area contributed by atoms with Gasteiger partial charge in [0.2, 0.25) is 0 Å². The molecule has 0 saturated heterocycles.